The minimum atomic E-state index is 0.548. The second-order valence-electron chi connectivity index (χ2n) is 6.87. The summed E-state index contributed by atoms with van der Waals surface area (Å²) in [6.45, 7) is 1.84. The van der Waals surface area contributed by atoms with Crippen LogP contribution in [0.3, 0.4) is 0 Å². The van der Waals surface area contributed by atoms with Crippen molar-refractivity contribution in [1.82, 2.24) is 10.2 Å². The fraction of sp³-hybridized carbons (Fsp3) is 0.941. The first-order chi connectivity index (χ1) is 10.3. The summed E-state index contributed by atoms with van der Waals surface area (Å²) in [4.78, 5) is 7.00. The van der Waals surface area contributed by atoms with Crippen molar-refractivity contribution in [3.8, 4) is 0 Å². The van der Waals surface area contributed by atoms with E-state index in [1.165, 1.54) is 70.6 Å². The Kier molecular flexibility index (Phi) is 7.34. The minimum Gasteiger partial charge on any atom is -0.370 e. The number of hydrogen-bond donors (Lipinski definition) is 2. The number of aliphatic imine (C=N–C) groups is 1. The number of nitrogens with two attached hydrogens (primary N) is 1. The maximum absolute atomic E-state index is 6.04. The molecule has 4 nitrogen and oxygen atoms in total. The maximum atomic E-state index is 6.04. The number of hydrogen-bond acceptors (Lipinski definition) is 2. The van der Waals surface area contributed by atoms with Gasteiger partial charge >= 0.3 is 0 Å². The van der Waals surface area contributed by atoms with Crippen molar-refractivity contribution in [3.63, 3.8) is 0 Å². The van der Waals surface area contributed by atoms with Crippen LogP contribution in [-0.4, -0.2) is 43.1 Å². The highest BCUT2D eigenvalue weighted by Gasteiger charge is 2.17. The van der Waals surface area contributed by atoms with Crippen LogP contribution in [0.1, 0.15) is 70.6 Å². The van der Waals surface area contributed by atoms with Crippen molar-refractivity contribution in [2.75, 3.05) is 20.1 Å². The number of likely N-dealkylation sites (N-methyl/N-ethyl adjacent to an activating group) is 1. The van der Waals surface area contributed by atoms with E-state index < -0.39 is 0 Å². The van der Waals surface area contributed by atoms with E-state index in [9.17, 15) is 0 Å². The summed E-state index contributed by atoms with van der Waals surface area (Å²) in [7, 11) is 2.24. The summed E-state index contributed by atoms with van der Waals surface area (Å²) >= 11 is 0. The number of rotatable bonds is 5. The summed E-state index contributed by atoms with van der Waals surface area (Å²) in [5.74, 6) is 0.652. The van der Waals surface area contributed by atoms with E-state index in [-0.39, 0.29) is 0 Å². The Bertz CT molecular complexity index is 302. The molecule has 2 rings (SSSR count). The number of nitrogens with one attached hydrogen (secondary N) is 1. The van der Waals surface area contributed by atoms with Crippen molar-refractivity contribution in [2.24, 2.45) is 10.7 Å². The first kappa shape index (κ1) is 16.6. The van der Waals surface area contributed by atoms with Crippen LogP contribution < -0.4 is 11.1 Å². The van der Waals surface area contributed by atoms with Crippen LogP contribution in [0.5, 0.6) is 0 Å². The molecule has 0 unspecified atom stereocenters. The van der Waals surface area contributed by atoms with Gasteiger partial charge in [0, 0.05) is 18.6 Å². The Hall–Kier alpha value is -0.770. The van der Waals surface area contributed by atoms with Gasteiger partial charge in [-0.25, -0.2) is 0 Å². The Balaban J connectivity index is 1.65. The minimum absolute atomic E-state index is 0.548. The number of guanidine groups is 1. The molecular formula is C17H34N4. The lowest BCUT2D eigenvalue weighted by Crippen LogP contribution is -2.40. The third-order valence-corrected chi connectivity index (χ3v) is 5.14. The molecule has 2 fully saturated rings. The number of nitrogens with zero attached hydrogens (tertiary/aromatic N) is 2. The third-order valence-electron chi connectivity index (χ3n) is 5.14. The molecule has 2 saturated carbocycles. The van der Waals surface area contributed by atoms with Crippen molar-refractivity contribution < 1.29 is 0 Å². The third kappa shape index (κ3) is 6.25. The van der Waals surface area contributed by atoms with Gasteiger partial charge in [-0.2, -0.15) is 0 Å². The molecule has 0 bridgehead atoms. The van der Waals surface area contributed by atoms with Gasteiger partial charge in [0.2, 0.25) is 0 Å². The van der Waals surface area contributed by atoms with Crippen LogP contribution in [0.4, 0.5) is 0 Å². The maximum Gasteiger partial charge on any atom is 0.188 e. The molecule has 0 aromatic heterocycles. The van der Waals surface area contributed by atoms with Gasteiger partial charge in [0.15, 0.2) is 5.96 Å². The summed E-state index contributed by atoms with van der Waals surface area (Å²) in [5, 5.41) is 3.42. The molecule has 0 amide bonds. The monoisotopic (exact) mass is 294 g/mol. The van der Waals surface area contributed by atoms with E-state index in [2.05, 4.69) is 22.3 Å². The largest absolute Gasteiger partial charge is 0.370 e. The Morgan fingerprint density at radius 3 is 2.24 bits per heavy atom. The second kappa shape index (κ2) is 9.29. The predicted octanol–water partition coefficient (Wildman–Crippen LogP) is 2.88. The van der Waals surface area contributed by atoms with Gasteiger partial charge < -0.3 is 16.0 Å². The fourth-order valence-corrected chi connectivity index (χ4v) is 3.71. The zero-order valence-corrected chi connectivity index (χ0v) is 13.8. The Morgan fingerprint density at radius 2 is 1.57 bits per heavy atom. The Labute approximate surface area is 130 Å². The fourth-order valence-electron chi connectivity index (χ4n) is 3.71. The lowest BCUT2D eigenvalue weighted by Gasteiger charge is -2.30. The quantitative estimate of drug-likeness (QED) is 0.466. The summed E-state index contributed by atoms with van der Waals surface area (Å²) in [6, 6.07) is 1.32. The highest BCUT2D eigenvalue weighted by Crippen LogP contribution is 2.21. The Morgan fingerprint density at radius 1 is 1.00 bits per heavy atom. The van der Waals surface area contributed by atoms with Crippen LogP contribution in [-0.2, 0) is 0 Å². The van der Waals surface area contributed by atoms with Gasteiger partial charge in [0.1, 0.15) is 0 Å². The van der Waals surface area contributed by atoms with Crippen LogP contribution in [0.25, 0.3) is 0 Å². The van der Waals surface area contributed by atoms with Crippen LogP contribution in [0.15, 0.2) is 4.99 Å². The molecule has 0 saturated heterocycles. The van der Waals surface area contributed by atoms with E-state index in [4.69, 9.17) is 5.73 Å². The molecule has 0 aliphatic heterocycles. The summed E-state index contributed by atoms with van der Waals surface area (Å²) < 4.78 is 0. The van der Waals surface area contributed by atoms with Gasteiger partial charge in [0.25, 0.3) is 0 Å². The SMILES string of the molecule is CN(CCN=C(N)NC1CCCCCC1)C1CCCCC1. The molecule has 21 heavy (non-hydrogen) atoms. The molecule has 122 valence electrons. The molecule has 0 atom stereocenters. The molecule has 0 aromatic rings. The van der Waals surface area contributed by atoms with Gasteiger partial charge in [-0.1, -0.05) is 44.9 Å². The van der Waals surface area contributed by atoms with Crippen molar-refractivity contribution in [2.45, 2.75) is 82.7 Å². The molecule has 4 heteroatoms. The van der Waals surface area contributed by atoms with Gasteiger partial charge in [-0.05, 0) is 32.7 Å². The zero-order valence-electron chi connectivity index (χ0n) is 13.8. The van der Waals surface area contributed by atoms with Gasteiger partial charge in [0.05, 0.1) is 6.54 Å². The molecule has 0 heterocycles. The van der Waals surface area contributed by atoms with E-state index in [1.54, 1.807) is 0 Å². The molecular weight excluding hydrogens is 260 g/mol. The summed E-state index contributed by atoms with van der Waals surface area (Å²) in [5.41, 5.74) is 6.04. The average molecular weight is 294 g/mol. The average Bonchev–Trinajstić information content (AvgIpc) is 2.76. The molecule has 2 aliphatic carbocycles. The second-order valence-corrected chi connectivity index (χ2v) is 6.87. The first-order valence-electron chi connectivity index (χ1n) is 9.02. The zero-order chi connectivity index (χ0) is 14.9. The smallest absolute Gasteiger partial charge is 0.188 e. The first-order valence-corrected chi connectivity index (χ1v) is 9.02. The summed E-state index contributed by atoms with van der Waals surface area (Å²) in [6.07, 6.45) is 14.8. The predicted molar refractivity (Wildman–Crippen MR) is 90.6 cm³/mol. The van der Waals surface area contributed by atoms with Crippen LogP contribution in [0.2, 0.25) is 0 Å². The van der Waals surface area contributed by atoms with Crippen molar-refractivity contribution >= 4 is 5.96 Å². The van der Waals surface area contributed by atoms with Gasteiger partial charge in [-0.15, -0.1) is 0 Å². The van der Waals surface area contributed by atoms with Crippen LogP contribution >= 0.6 is 0 Å². The van der Waals surface area contributed by atoms with Crippen molar-refractivity contribution in [3.05, 3.63) is 0 Å². The molecule has 0 aromatic carbocycles. The standard InChI is InChI=1S/C17H34N4/c1-21(16-11-7-4-8-12-16)14-13-19-17(18)20-15-9-5-2-3-6-10-15/h15-16H,2-14H2,1H3,(H3,18,19,20). The highest BCUT2D eigenvalue weighted by molar-refractivity contribution is 5.78. The van der Waals surface area contributed by atoms with E-state index >= 15 is 0 Å². The molecule has 0 spiro atoms. The van der Waals surface area contributed by atoms with E-state index in [0.29, 0.717) is 12.0 Å². The molecule has 2 aliphatic rings. The normalized spacial score (nSPS) is 23.2. The van der Waals surface area contributed by atoms with E-state index in [1.807, 2.05) is 0 Å². The molecule has 3 N–H and O–H groups in total. The van der Waals surface area contributed by atoms with Gasteiger partial charge in [-0.3, -0.25) is 4.99 Å². The molecule has 0 radical (unpaired) electrons. The lowest BCUT2D eigenvalue weighted by atomic mass is 9.94. The van der Waals surface area contributed by atoms with Crippen LogP contribution in [0, 0.1) is 0 Å². The topological polar surface area (TPSA) is 53.6 Å². The lowest BCUT2D eigenvalue weighted by molar-refractivity contribution is 0.196. The van der Waals surface area contributed by atoms with Crippen molar-refractivity contribution in [1.29, 1.82) is 0 Å². The van der Waals surface area contributed by atoms with E-state index in [0.717, 1.165) is 19.1 Å². The highest BCUT2D eigenvalue weighted by atomic mass is 15.2.